The molecule has 3 aliphatic carbocycles. The van der Waals surface area contributed by atoms with Gasteiger partial charge in [-0.3, -0.25) is 0 Å². The predicted octanol–water partition coefficient (Wildman–Crippen LogP) is 3.55. The monoisotopic (exact) mass is 321 g/mol. The molecule has 3 nitrogen and oxygen atoms in total. The van der Waals surface area contributed by atoms with Gasteiger partial charge in [-0.2, -0.15) is 0 Å². The molecule has 23 heavy (non-hydrogen) atoms. The maximum Gasteiger partial charge on any atom is 0.00416 e. The molecule has 0 radical (unpaired) electrons. The van der Waals surface area contributed by atoms with Crippen molar-refractivity contribution in [2.24, 2.45) is 40.9 Å². The van der Waals surface area contributed by atoms with Gasteiger partial charge in [-0.15, -0.1) is 0 Å². The van der Waals surface area contributed by atoms with Gasteiger partial charge in [0.15, 0.2) is 0 Å². The van der Waals surface area contributed by atoms with Crippen molar-refractivity contribution in [1.82, 2.24) is 0 Å². The molecule has 0 aromatic rings. The Morgan fingerprint density at radius 3 is 1.43 bits per heavy atom. The summed E-state index contributed by atoms with van der Waals surface area (Å²) < 4.78 is 0. The Kier molecular flexibility index (Phi) is 6.39. The van der Waals surface area contributed by atoms with Crippen LogP contribution in [-0.2, 0) is 0 Å². The van der Waals surface area contributed by atoms with Crippen molar-refractivity contribution in [3.8, 4) is 0 Å². The number of nitrogens with two attached hydrogens (primary N) is 3. The van der Waals surface area contributed by atoms with Crippen LogP contribution in [0.3, 0.4) is 0 Å². The zero-order valence-corrected chi connectivity index (χ0v) is 15.0. The van der Waals surface area contributed by atoms with Gasteiger partial charge in [0.2, 0.25) is 0 Å². The van der Waals surface area contributed by atoms with E-state index in [9.17, 15) is 0 Å². The highest BCUT2D eigenvalue weighted by atomic mass is 14.7. The Morgan fingerprint density at radius 2 is 0.913 bits per heavy atom. The summed E-state index contributed by atoms with van der Waals surface area (Å²) in [7, 11) is 0. The van der Waals surface area contributed by atoms with Crippen molar-refractivity contribution in [1.29, 1.82) is 0 Å². The fourth-order valence-electron chi connectivity index (χ4n) is 5.67. The van der Waals surface area contributed by atoms with Crippen molar-refractivity contribution in [3.05, 3.63) is 0 Å². The summed E-state index contributed by atoms with van der Waals surface area (Å²) in [6.45, 7) is 0. The summed E-state index contributed by atoms with van der Waals surface area (Å²) in [5, 5.41) is 0. The zero-order valence-electron chi connectivity index (χ0n) is 15.0. The highest BCUT2D eigenvalue weighted by molar-refractivity contribution is 4.87. The topological polar surface area (TPSA) is 78.1 Å². The SMILES string of the molecule is NC1CCC(CC2CCC(N)CC2CC2CCC(N)CC2)CC1. The summed E-state index contributed by atoms with van der Waals surface area (Å²) in [4.78, 5) is 0. The largest absolute Gasteiger partial charge is 0.328 e. The van der Waals surface area contributed by atoms with Gasteiger partial charge in [-0.25, -0.2) is 0 Å². The molecule has 134 valence electrons. The first-order valence-corrected chi connectivity index (χ1v) is 10.4. The first kappa shape index (κ1) is 17.7. The van der Waals surface area contributed by atoms with Gasteiger partial charge in [0.05, 0.1) is 0 Å². The lowest BCUT2D eigenvalue weighted by molar-refractivity contribution is 0.127. The minimum atomic E-state index is 0.460. The molecular formula is C20H39N3. The van der Waals surface area contributed by atoms with Crippen LogP contribution in [0, 0.1) is 23.7 Å². The third-order valence-corrected chi connectivity index (χ3v) is 7.24. The van der Waals surface area contributed by atoms with Gasteiger partial charge < -0.3 is 17.2 Å². The normalized spacial score (nSPS) is 45.8. The smallest absolute Gasteiger partial charge is 0.00416 e. The summed E-state index contributed by atoms with van der Waals surface area (Å²) in [6.07, 6.45) is 17.2. The zero-order chi connectivity index (χ0) is 16.2. The van der Waals surface area contributed by atoms with Crippen molar-refractivity contribution >= 4 is 0 Å². The average molecular weight is 322 g/mol. The van der Waals surface area contributed by atoms with Crippen LogP contribution in [-0.4, -0.2) is 18.1 Å². The van der Waals surface area contributed by atoms with Crippen LogP contribution >= 0.6 is 0 Å². The van der Waals surface area contributed by atoms with Crippen LogP contribution in [0.4, 0.5) is 0 Å². The van der Waals surface area contributed by atoms with Crippen molar-refractivity contribution in [2.45, 2.75) is 102 Å². The van der Waals surface area contributed by atoms with E-state index in [4.69, 9.17) is 17.2 Å². The Bertz CT molecular complexity index is 343. The molecule has 0 saturated heterocycles. The number of hydrogen-bond acceptors (Lipinski definition) is 3. The Hall–Kier alpha value is -0.120. The van der Waals surface area contributed by atoms with Crippen LogP contribution in [0.15, 0.2) is 0 Å². The van der Waals surface area contributed by atoms with Gasteiger partial charge in [-0.1, -0.05) is 0 Å². The van der Waals surface area contributed by atoms with Crippen LogP contribution in [0.25, 0.3) is 0 Å². The molecule has 3 aliphatic rings. The number of hydrogen-bond donors (Lipinski definition) is 3. The number of rotatable bonds is 4. The molecule has 0 amide bonds. The second kappa shape index (κ2) is 8.31. The highest BCUT2D eigenvalue weighted by Crippen LogP contribution is 2.42. The molecule has 0 bridgehead atoms. The fourth-order valence-corrected chi connectivity index (χ4v) is 5.67. The van der Waals surface area contributed by atoms with Gasteiger partial charge in [0, 0.05) is 18.1 Å². The quantitative estimate of drug-likeness (QED) is 0.741. The van der Waals surface area contributed by atoms with E-state index >= 15 is 0 Å². The van der Waals surface area contributed by atoms with Gasteiger partial charge >= 0.3 is 0 Å². The predicted molar refractivity (Wildman–Crippen MR) is 97.9 cm³/mol. The summed E-state index contributed by atoms with van der Waals surface area (Å²) in [5.41, 5.74) is 18.5. The van der Waals surface area contributed by atoms with Crippen LogP contribution in [0.2, 0.25) is 0 Å². The molecule has 3 fully saturated rings. The first-order valence-electron chi connectivity index (χ1n) is 10.4. The summed E-state index contributed by atoms with van der Waals surface area (Å²) >= 11 is 0. The molecular weight excluding hydrogens is 282 g/mol. The van der Waals surface area contributed by atoms with Crippen LogP contribution in [0.5, 0.6) is 0 Å². The van der Waals surface area contributed by atoms with Crippen LogP contribution < -0.4 is 17.2 Å². The lowest BCUT2D eigenvalue weighted by atomic mass is 9.67. The minimum Gasteiger partial charge on any atom is -0.328 e. The van der Waals surface area contributed by atoms with E-state index in [0.717, 1.165) is 23.7 Å². The average Bonchev–Trinajstić information content (AvgIpc) is 2.54. The molecule has 3 heteroatoms. The van der Waals surface area contributed by atoms with E-state index < -0.39 is 0 Å². The maximum absolute atomic E-state index is 6.33. The minimum absolute atomic E-state index is 0.460. The van der Waals surface area contributed by atoms with E-state index in [-0.39, 0.29) is 0 Å². The third kappa shape index (κ3) is 5.17. The van der Waals surface area contributed by atoms with Gasteiger partial charge in [0.25, 0.3) is 0 Å². The Morgan fingerprint density at radius 1 is 0.478 bits per heavy atom. The molecule has 0 aromatic carbocycles. The first-order chi connectivity index (χ1) is 11.1. The molecule has 3 unspecified atom stereocenters. The van der Waals surface area contributed by atoms with Crippen molar-refractivity contribution < 1.29 is 0 Å². The molecule has 0 aliphatic heterocycles. The molecule has 6 N–H and O–H groups in total. The Balaban J connectivity index is 1.51. The second-order valence-electron chi connectivity index (χ2n) is 9.13. The highest BCUT2D eigenvalue weighted by Gasteiger charge is 2.33. The summed E-state index contributed by atoms with van der Waals surface area (Å²) in [5.74, 6) is 3.68. The Labute approximate surface area is 143 Å². The van der Waals surface area contributed by atoms with E-state index in [2.05, 4.69) is 0 Å². The molecule has 3 rings (SSSR count). The molecule has 3 saturated carbocycles. The van der Waals surface area contributed by atoms with Crippen LogP contribution in [0.1, 0.15) is 83.5 Å². The molecule has 0 aromatic heterocycles. The molecule has 3 atom stereocenters. The van der Waals surface area contributed by atoms with E-state index in [0.29, 0.717) is 18.1 Å². The van der Waals surface area contributed by atoms with Crippen molar-refractivity contribution in [3.63, 3.8) is 0 Å². The van der Waals surface area contributed by atoms with E-state index in [1.807, 2.05) is 0 Å². The summed E-state index contributed by atoms with van der Waals surface area (Å²) in [6, 6.07) is 1.41. The van der Waals surface area contributed by atoms with Gasteiger partial charge in [-0.05, 0) is 107 Å². The lowest BCUT2D eigenvalue weighted by Gasteiger charge is -2.40. The van der Waals surface area contributed by atoms with Crippen molar-refractivity contribution in [2.75, 3.05) is 0 Å². The molecule has 0 spiro atoms. The third-order valence-electron chi connectivity index (χ3n) is 7.24. The van der Waals surface area contributed by atoms with E-state index in [1.54, 1.807) is 0 Å². The van der Waals surface area contributed by atoms with E-state index in [1.165, 1.54) is 83.5 Å². The van der Waals surface area contributed by atoms with Gasteiger partial charge in [0.1, 0.15) is 0 Å². The second-order valence-corrected chi connectivity index (χ2v) is 9.13. The lowest BCUT2D eigenvalue weighted by Crippen LogP contribution is -2.37. The molecule has 0 heterocycles. The maximum atomic E-state index is 6.33. The standard InChI is InChI=1S/C20H39N3/c21-18-6-1-14(2-7-18)11-16-5-10-20(23)13-17(16)12-15-3-8-19(22)9-4-15/h14-20H,1-13,21-23H2. The fraction of sp³-hybridized carbons (Fsp3) is 1.00.